The molecule has 15 heavy (non-hydrogen) atoms. The molecule has 1 amide bonds. The van der Waals surface area contributed by atoms with Crippen molar-refractivity contribution in [1.29, 1.82) is 0 Å². The second-order valence-electron chi connectivity index (χ2n) is 5.24. The number of nitrogens with one attached hydrogen (secondary N) is 1. The summed E-state index contributed by atoms with van der Waals surface area (Å²) < 4.78 is 0. The van der Waals surface area contributed by atoms with E-state index in [0.29, 0.717) is 13.0 Å². The van der Waals surface area contributed by atoms with E-state index in [1.165, 1.54) is 0 Å². The van der Waals surface area contributed by atoms with E-state index >= 15 is 0 Å². The number of aliphatic hydroxyl groups excluding tert-OH is 1. The molecule has 0 radical (unpaired) electrons. The number of carbonyl (C=O) groups is 1. The molecule has 0 saturated heterocycles. The Morgan fingerprint density at radius 1 is 1.40 bits per heavy atom. The van der Waals surface area contributed by atoms with Gasteiger partial charge in [0.25, 0.3) is 0 Å². The van der Waals surface area contributed by atoms with Crippen LogP contribution in [0.5, 0.6) is 0 Å². The number of rotatable bonds is 5. The molecule has 0 aromatic rings. The zero-order valence-corrected chi connectivity index (χ0v) is 10.4. The zero-order chi connectivity index (χ0) is 12.3. The number of nitrogens with two attached hydrogens (primary N) is 1. The van der Waals surface area contributed by atoms with Crippen LogP contribution in [0.2, 0.25) is 0 Å². The van der Waals surface area contributed by atoms with Gasteiger partial charge in [0.2, 0.25) is 5.91 Å². The summed E-state index contributed by atoms with van der Waals surface area (Å²) in [5.74, 6) is -0.0735. The molecule has 0 aliphatic carbocycles. The Hall–Kier alpha value is -0.610. The van der Waals surface area contributed by atoms with E-state index in [4.69, 9.17) is 10.8 Å². The van der Waals surface area contributed by atoms with Crippen LogP contribution < -0.4 is 11.1 Å². The Kier molecular flexibility index (Phi) is 4.74. The van der Waals surface area contributed by atoms with E-state index in [-0.39, 0.29) is 12.0 Å². The van der Waals surface area contributed by atoms with E-state index in [9.17, 15) is 4.79 Å². The lowest BCUT2D eigenvalue weighted by atomic mass is 9.74. The fraction of sp³-hybridized carbons (Fsp3) is 0.909. The minimum Gasteiger partial charge on any atom is -0.393 e. The van der Waals surface area contributed by atoms with Crippen molar-refractivity contribution in [2.24, 2.45) is 11.1 Å². The molecule has 1 atom stereocenters. The second kappa shape index (κ2) is 4.94. The molecule has 0 aliphatic rings. The van der Waals surface area contributed by atoms with Crippen molar-refractivity contribution in [3.8, 4) is 0 Å². The Labute approximate surface area is 92.2 Å². The maximum Gasteiger partial charge on any atom is 0.227 e. The normalized spacial score (nSPS) is 14.9. The summed E-state index contributed by atoms with van der Waals surface area (Å²) in [5.41, 5.74) is 4.75. The van der Waals surface area contributed by atoms with Crippen LogP contribution in [0.4, 0.5) is 0 Å². The molecule has 4 nitrogen and oxygen atoms in total. The van der Waals surface area contributed by atoms with Gasteiger partial charge in [-0.2, -0.15) is 0 Å². The quantitative estimate of drug-likeness (QED) is 0.631. The minimum absolute atomic E-state index is 0.0735. The van der Waals surface area contributed by atoms with Crippen molar-refractivity contribution < 1.29 is 9.90 Å². The van der Waals surface area contributed by atoms with Crippen LogP contribution >= 0.6 is 0 Å². The number of hydrogen-bond donors (Lipinski definition) is 3. The Bertz CT molecular complexity index is 217. The van der Waals surface area contributed by atoms with Crippen LogP contribution in [0.1, 0.15) is 41.0 Å². The smallest absolute Gasteiger partial charge is 0.227 e. The summed E-state index contributed by atoms with van der Waals surface area (Å²) in [6.45, 7) is 9.50. The first-order chi connectivity index (χ1) is 6.59. The average molecular weight is 216 g/mol. The third-order valence-corrected chi connectivity index (χ3v) is 3.03. The van der Waals surface area contributed by atoms with Crippen molar-refractivity contribution in [3.05, 3.63) is 0 Å². The highest BCUT2D eigenvalue weighted by Crippen LogP contribution is 2.28. The van der Waals surface area contributed by atoms with Gasteiger partial charge in [0.1, 0.15) is 0 Å². The maximum absolute atomic E-state index is 11.8. The lowest BCUT2D eigenvalue weighted by Crippen LogP contribution is -2.55. The van der Waals surface area contributed by atoms with Crippen molar-refractivity contribution in [2.45, 2.75) is 52.7 Å². The third kappa shape index (κ3) is 4.18. The summed E-state index contributed by atoms with van der Waals surface area (Å²) in [6, 6.07) is 0. The predicted octanol–water partition coefficient (Wildman–Crippen LogP) is 0.637. The molecule has 90 valence electrons. The van der Waals surface area contributed by atoms with Crippen LogP contribution in [0.15, 0.2) is 0 Å². The summed E-state index contributed by atoms with van der Waals surface area (Å²) in [7, 11) is 0. The highest BCUT2D eigenvalue weighted by Gasteiger charge is 2.40. The lowest BCUT2D eigenvalue weighted by Gasteiger charge is -2.36. The van der Waals surface area contributed by atoms with E-state index in [1.807, 2.05) is 27.7 Å². The molecule has 0 spiro atoms. The van der Waals surface area contributed by atoms with Crippen LogP contribution in [-0.4, -0.2) is 29.2 Å². The fourth-order valence-corrected chi connectivity index (χ4v) is 0.908. The molecule has 0 bridgehead atoms. The monoisotopic (exact) mass is 216 g/mol. The fourth-order valence-electron chi connectivity index (χ4n) is 0.908. The van der Waals surface area contributed by atoms with Gasteiger partial charge in [-0.15, -0.1) is 0 Å². The molecular weight excluding hydrogens is 192 g/mol. The van der Waals surface area contributed by atoms with Gasteiger partial charge in [-0.1, -0.05) is 0 Å². The van der Waals surface area contributed by atoms with Gasteiger partial charge < -0.3 is 16.2 Å². The number of amides is 1. The van der Waals surface area contributed by atoms with E-state index in [2.05, 4.69) is 5.32 Å². The molecule has 4 N–H and O–H groups in total. The third-order valence-electron chi connectivity index (χ3n) is 3.03. The van der Waals surface area contributed by atoms with Gasteiger partial charge in [-0.3, -0.25) is 4.79 Å². The molecule has 0 rings (SSSR count). The molecule has 4 heteroatoms. The van der Waals surface area contributed by atoms with E-state index in [1.54, 1.807) is 6.92 Å². The summed E-state index contributed by atoms with van der Waals surface area (Å²) in [4.78, 5) is 11.8. The Morgan fingerprint density at radius 2 is 1.87 bits per heavy atom. The van der Waals surface area contributed by atoms with Crippen LogP contribution in [0.3, 0.4) is 0 Å². The van der Waals surface area contributed by atoms with Gasteiger partial charge in [0, 0.05) is 12.1 Å². The molecule has 0 fully saturated rings. The molecule has 0 aromatic carbocycles. The second-order valence-corrected chi connectivity index (χ2v) is 5.24. The summed E-state index contributed by atoms with van der Waals surface area (Å²) in [6.07, 6.45) is 0.173. The van der Waals surface area contributed by atoms with Crippen molar-refractivity contribution in [2.75, 3.05) is 6.54 Å². The SMILES string of the molecule is CC(O)CCNC(=O)C(C)(C)C(C)(C)N. The van der Waals surface area contributed by atoms with E-state index in [0.717, 1.165) is 0 Å². The molecule has 0 aliphatic heterocycles. The molecule has 0 aromatic heterocycles. The first-order valence-corrected chi connectivity index (χ1v) is 5.34. The zero-order valence-electron chi connectivity index (χ0n) is 10.4. The molecule has 0 heterocycles. The number of hydrogen-bond acceptors (Lipinski definition) is 3. The van der Waals surface area contributed by atoms with Crippen molar-refractivity contribution in [3.63, 3.8) is 0 Å². The molecule has 1 unspecified atom stereocenters. The standard InChI is InChI=1S/C11H24N2O2/c1-8(14)6-7-13-9(15)10(2,3)11(4,5)12/h8,14H,6-7,12H2,1-5H3,(H,13,15). The number of aliphatic hydroxyl groups is 1. The first kappa shape index (κ1) is 14.4. The van der Waals surface area contributed by atoms with Gasteiger partial charge in [-0.05, 0) is 41.0 Å². The minimum atomic E-state index is -0.619. The highest BCUT2D eigenvalue weighted by atomic mass is 16.3. The largest absolute Gasteiger partial charge is 0.393 e. The number of carbonyl (C=O) groups excluding carboxylic acids is 1. The van der Waals surface area contributed by atoms with Gasteiger partial charge >= 0.3 is 0 Å². The maximum atomic E-state index is 11.8. The predicted molar refractivity (Wildman–Crippen MR) is 61.4 cm³/mol. The Balaban J connectivity index is 4.21. The van der Waals surface area contributed by atoms with Crippen molar-refractivity contribution in [1.82, 2.24) is 5.32 Å². The van der Waals surface area contributed by atoms with Gasteiger partial charge in [-0.25, -0.2) is 0 Å². The van der Waals surface area contributed by atoms with Crippen LogP contribution in [0, 0.1) is 5.41 Å². The molecule has 0 saturated carbocycles. The Morgan fingerprint density at radius 3 is 2.20 bits per heavy atom. The van der Waals surface area contributed by atoms with Crippen LogP contribution in [0.25, 0.3) is 0 Å². The molecular formula is C11H24N2O2. The lowest BCUT2D eigenvalue weighted by molar-refractivity contribution is -0.132. The van der Waals surface area contributed by atoms with Gasteiger partial charge in [0.05, 0.1) is 11.5 Å². The summed E-state index contributed by atoms with van der Waals surface area (Å²) in [5, 5.41) is 11.8. The topological polar surface area (TPSA) is 75.3 Å². The highest BCUT2D eigenvalue weighted by molar-refractivity contribution is 5.83. The van der Waals surface area contributed by atoms with Crippen LogP contribution in [-0.2, 0) is 4.79 Å². The van der Waals surface area contributed by atoms with Crippen molar-refractivity contribution >= 4 is 5.91 Å². The van der Waals surface area contributed by atoms with E-state index < -0.39 is 11.0 Å². The van der Waals surface area contributed by atoms with Gasteiger partial charge in [0.15, 0.2) is 0 Å². The average Bonchev–Trinajstić information content (AvgIpc) is 2.01. The summed E-state index contributed by atoms with van der Waals surface area (Å²) >= 11 is 0. The first-order valence-electron chi connectivity index (χ1n) is 5.34.